The van der Waals surface area contributed by atoms with Crippen LogP contribution in [0.2, 0.25) is 0 Å². The van der Waals surface area contributed by atoms with Crippen molar-refractivity contribution in [1.29, 1.82) is 0 Å². The lowest BCUT2D eigenvalue weighted by atomic mass is 10.0. The number of benzene rings is 1. The monoisotopic (exact) mass is 177 g/mol. The van der Waals surface area contributed by atoms with E-state index < -0.39 is 0 Å². The zero-order chi connectivity index (χ0) is 9.42. The minimum absolute atomic E-state index is 0.419. The Morgan fingerprint density at radius 1 is 1.54 bits per heavy atom. The molecule has 0 aliphatic carbocycles. The summed E-state index contributed by atoms with van der Waals surface area (Å²) in [6.45, 7) is 4.22. The van der Waals surface area contributed by atoms with Crippen molar-refractivity contribution in [2.45, 2.75) is 32.7 Å². The van der Waals surface area contributed by atoms with Crippen LogP contribution < -0.4 is 5.32 Å². The second-order valence-corrected chi connectivity index (χ2v) is 3.74. The quantitative estimate of drug-likeness (QED) is 0.690. The Hall–Kier alpha value is -1.18. The molecule has 2 rings (SSSR count). The maximum Gasteiger partial charge on any atom is 0.120 e. The fourth-order valence-corrected chi connectivity index (χ4v) is 1.92. The molecule has 1 heterocycles. The number of phenolic OH excluding ortho intramolecular Hbond substituents is 1. The maximum atomic E-state index is 9.62. The van der Waals surface area contributed by atoms with Gasteiger partial charge in [-0.05, 0) is 30.9 Å². The van der Waals surface area contributed by atoms with Gasteiger partial charge in [0.25, 0.3) is 0 Å². The molecule has 13 heavy (non-hydrogen) atoms. The first kappa shape index (κ1) is 8.42. The summed E-state index contributed by atoms with van der Waals surface area (Å²) in [4.78, 5) is 0. The molecule has 0 saturated heterocycles. The van der Waals surface area contributed by atoms with Gasteiger partial charge in [0.15, 0.2) is 0 Å². The average molecular weight is 177 g/mol. The van der Waals surface area contributed by atoms with Crippen LogP contribution in [0.4, 0.5) is 5.69 Å². The van der Waals surface area contributed by atoms with Gasteiger partial charge < -0.3 is 10.4 Å². The van der Waals surface area contributed by atoms with Crippen LogP contribution in [0.1, 0.15) is 25.0 Å². The predicted molar refractivity (Wildman–Crippen MR) is 54.3 cm³/mol. The van der Waals surface area contributed by atoms with Crippen LogP contribution in [0, 0.1) is 0 Å². The third-order valence-electron chi connectivity index (χ3n) is 2.61. The Morgan fingerprint density at radius 2 is 2.31 bits per heavy atom. The second kappa shape index (κ2) is 2.95. The summed E-state index contributed by atoms with van der Waals surface area (Å²) in [5.41, 5.74) is 3.49. The molecule has 1 aliphatic heterocycles. The molecule has 0 amide bonds. The fourth-order valence-electron chi connectivity index (χ4n) is 1.92. The molecule has 1 aliphatic rings. The number of hydrogen-bond donors (Lipinski definition) is 2. The van der Waals surface area contributed by atoms with Crippen molar-refractivity contribution < 1.29 is 5.11 Å². The van der Waals surface area contributed by atoms with E-state index in [4.69, 9.17) is 0 Å². The molecular weight excluding hydrogens is 162 g/mol. The number of nitrogens with one attached hydrogen (secondary N) is 1. The Morgan fingerprint density at radius 3 is 3.00 bits per heavy atom. The zero-order valence-corrected chi connectivity index (χ0v) is 8.09. The molecule has 0 spiro atoms. The molecule has 2 nitrogen and oxygen atoms in total. The lowest BCUT2D eigenvalue weighted by Gasteiger charge is -2.05. The molecular formula is C11H15NO. The summed E-state index contributed by atoms with van der Waals surface area (Å²) < 4.78 is 0. The number of hydrogen-bond acceptors (Lipinski definition) is 2. The van der Waals surface area contributed by atoms with Gasteiger partial charge in [-0.25, -0.2) is 0 Å². The first-order valence-corrected chi connectivity index (χ1v) is 4.82. The number of phenols is 1. The molecule has 1 aromatic carbocycles. The van der Waals surface area contributed by atoms with E-state index in [0.717, 1.165) is 24.1 Å². The zero-order valence-electron chi connectivity index (χ0n) is 8.09. The molecule has 0 bridgehead atoms. The smallest absolute Gasteiger partial charge is 0.120 e. The molecule has 1 unspecified atom stereocenters. The van der Waals surface area contributed by atoms with Gasteiger partial charge in [-0.1, -0.05) is 13.0 Å². The van der Waals surface area contributed by atoms with Crippen molar-refractivity contribution in [3.8, 4) is 5.75 Å². The van der Waals surface area contributed by atoms with Crippen LogP contribution in [0.25, 0.3) is 0 Å². The van der Waals surface area contributed by atoms with Crippen LogP contribution >= 0.6 is 0 Å². The third-order valence-corrected chi connectivity index (χ3v) is 2.61. The van der Waals surface area contributed by atoms with Crippen molar-refractivity contribution in [2.75, 3.05) is 5.32 Å². The number of anilines is 1. The Balaban J connectivity index is 2.44. The average Bonchev–Trinajstić information content (AvgIpc) is 2.42. The highest BCUT2D eigenvalue weighted by Crippen LogP contribution is 2.32. The first-order chi connectivity index (χ1) is 6.20. The van der Waals surface area contributed by atoms with Crippen LogP contribution in [0.3, 0.4) is 0 Å². The summed E-state index contributed by atoms with van der Waals surface area (Å²) in [6.07, 6.45) is 1.97. The summed E-state index contributed by atoms with van der Waals surface area (Å²) in [5, 5.41) is 13.0. The van der Waals surface area contributed by atoms with Gasteiger partial charge in [0.05, 0.1) is 0 Å². The van der Waals surface area contributed by atoms with Gasteiger partial charge in [-0.15, -0.1) is 0 Å². The molecule has 70 valence electrons. The Bertz CT molecular complexity index is 333. The predicted octanol–water partition coefficient (Wildman–Crippen LogP) is 2.31. The number of fused-ring (bicyclic) bond motifs is 1. The van der Waals surface area contributed by atoms with Crippen molar-refractivity contribution in [2.24, 2.45) is 0 Å². The van der Waals surface area contributed by atoms with Crippen molar-refractivity contribution in [3.63, 3.8) is 0 Å². The molecule has 2 heteroatoms. The van der Waals surface area contributed by atoms with Crippen molar-refractivity contribution in [1.82, 2.24) is 0 Å². The van der Waals surface area contributed by atoms with Crippen molar-refractivity contribution in [3.05, 3.63) is 23.3 Å². The summed E-state index contributed by atoms with van der Waals surface area (Å²) >= 11 is 0. The van der Waals surface area contributed by atoms with Crippen LogP contribution in [0.5, 0.6) is 5.75 Å². The first-order valence-electron chi connectivity index (χ1n) is 4.82. The topological polar surface area (TPSA) is 32.3 Å². The molecule has 2 N–H and O–H groups in total. The summed E-state index contributed by atoms with van der Waals surface area (Å²) in [5.74, 6) is 0.419. The number of aryl methyl sites for hydroxylation is 1. The largest absolute Gasteiger partial charge is 0.508 e. The van der Waals surface area contributed by atoms with E-state index in [1.807, 2.05) is 6.07 Å². The van der Waals surface area contributed by atoms with Gasteiger partial charge in [0.2, 0.25) is 0 Å². The Labute approximate surface area is 78.6 Å². The minimum Gasteiger partial charge on any atom is -0.508 e. The van der Waals surface area contributed by atoms with E-state index in [9.17, 15) is 5.11 Å². The standard InChI is InChI=1S/C11H15NO/c1-3-8-5-9-4-7(2)12-10(9)6-11(8)13/h5-7,12-13H,3-4H2,1-2H3. The molecule has 1 atom stereocenters. The highest BCUT2D eigenvalue weighted by molar-refractivity contribution is 5.61. The van der Waals surface area contributed by atoms with Gasteiger partial charge in [-0.2, -0.15) is 0 Å². The van der Waals surface area contributed by atoms with Gasteiger partial charge in [0, 0.05) is 17.8 Å². The van der Waals surface area contributed by atoms with E-state index in [-0.39, 0.29) is 0 Å². The lowest BCUT2D eigenvalue weighted by Crippen LogP contribution is -2.08. The van der Waals surface area contributed by atoms with E-state index in [0.29, 0.717) is 11.8 Å². The highest BCUT2D eigenvalue weighted by atomic mass is 16.3. The molecule has 1 aromatic rings. The normalized spacial score (nSPS) is 19.7. The highest BCUT2D eigenvalue weighted by Gasteiger charge is 2.18. The summed E-state index contributed by atoms with van der Waals surface area (Å²) in [6, 6.07) is 4.46. The molecule has 0 radical (unpaired) electrons. The van der Waals surface area contributed by atoms with E-state index in [1.165, 1.54) is 5.56 Å². The van der Waals surface area contributed by atoms with Gasteiger partial charge in [-0.3, -0.25) is 0 Å². The van der Waals surface area contributed by atoms with Crippen molar-refractivity contribution >= 4 is 5.69 Å². The maximum absolute atomic E-state index is 9.62. The Kier molecular flexibility index (Phi) is 1.91. The van der Waals surface area contributed by atoms with Gasteiger partial charge >= 0.3 is 0 Å². The third kappa shape index (κ3) is 1.37. The second-order valence-electron chi connectivity index (χ2n) is 3.74. The van der Waals surface area contributed by atoms with Crippen LogP contribution in [-0.2, 0) is 12.8 Å². The van der Waals surface area contributed by atoms with Crippen LogP contribution in [-0.4, -0.2) is 11.1 Å². The SMILES string of the molecule is CCc1cc2c(cc1O)NC(C)C2. The van der Waals surface area contributed by atoms with E-state index in [1.54, 1.807) is 0 Å². The molecule has 0 saturated carbocycles. The number of aromatic hydroxyl groups is 1. The van der Waals surface area contributed by atoms with Crippen LogP contribution in [0.15, 0.2) is 12.1 Å². The molecule has 0 aromatic heterocycles. The summed E-state index contributed by atoms with van der Waals surface area (Å²) in [7, 11) is 0. The van der Waals surface area contributed by atoms with Gasteiger partial charge in [0.1, 0.15) is 5.75 Å². The molecule has 0 fully saturated rings. The fraction of sp³-hybridized carbons (Fsp3) is 0.455. The number of rotatable bonds is 1. The lowest BCUT2D eigenvalue weighted by molar-refractivity contribution is 0.469. The minimum atomic E-state index is 0.419. The van der Waals surface area contributed by atoms with E-state index >= 15 is 0 Å². The van der Waals surface area contributed by atoms with E-state index in [2.05, 4.69) is 25.2 Å².